The first-order valence-electron chi connectivity index (χ1n) is 4.55. The lowest BCUT2D eigenvalue weighted by atomic mass is 10.0. The van der Waals surface area contributed by atoms with E-state index in [1.54, 1.807) is 0 Å². The fourth-order valence-corrected chi connectivity index (χ4v) is 1.06. The van der Waals surface area contributed by atoms with Crippen molar-refractivity contribution in [3.8, 4) is 0 Å². The van der Waals surface area contributed by atoms with Crippen LogP contribution in [-0.2, 0) is 0 Å². The number of rotatable bonds is 0. The van der Waals surface area contributed by atoms with Crippen LogP contribution < -0.4 is 0 Å². The lowest BCUT2D eigenvalue weighted by Crippen LogP contribution is -1.85. The molecule has 0 radical (unpaired) electrons. The first-order chi connectivity index (χ1) is 6.73. The van der Waals surface area contributed by atoms with Crippen LogP contribution in [0.15, 0.2) is 0 Å². The number of aliphatic hydroxyl groups excluding tert-OH is 2. The van der Waals surface area contributed by atoms with Gasteiger partial charge in [-0.3, -0.25) is 0 Å². The molecule has 0 amide bonds. The van der Waals surface area contributed by atoms with Crippen molar-refractivity contribution in [2.24, 2.45) is 0 Å². The summed E-state index contributed by atoms with van der Waals surface area (Å²) < 4.78 is 0. The summed E-state index contributed by atoms with van der Waals surface area (Å²) in [4.78, 5) is 8.56. The maximum atomic E-state index is 8.56. The third kappa shape index (κ3) is 43.1. The number of hydrogen-bond acceptors (Lipinski definition) is 3. The average molecular weight is 210 g/mol. The molecule has 0 heterocycles. The van der Waals surface area contributed by atoms with Gasteiger partial charge in [0.15, 0.2) is 0 Å². The van der Waals surface area contributed by atoms with Gasteiger partial charge in [-0.15, -0.1) is 0 Å². The van der Waals surface area contributed by atoms with Crippen LogP contribution in [0, 0.1) is 0 Å². The normalized spacial score (nSPS) is 12.9. The van der Waals surface area contributed by atoms with Crippen LogP contribution in [-0.4, -0.2) is 40.8 Å². The molecule has 1 aliphatic carbocycles. The fourth-order valence-electron chi connectivity index (χ4n) is 1.06. The molecule has 0 atom stereocenters. The quantitative estimate of drug-likeness (QED) is 0.488. The molecule has 0 aromatic carbocycles. The van der Waals surface area contributed by atoms with E-state index < -0.39 is 6.16 Å². The average Bonchev–Trinajstić information content (AvgIpc) is 2.25. The summed E-state index contributed by atoms with van der Waals surface area (Å²) in [5, 5.41) is 27.9. The molecule has 4 N–H and O–H groups in total. The lowest BCUT2D eigenvalue weighted by Gasteiger charge is -2.05. The smallest absolute Gasteiger partial charge is 0.450 e. The molecule has 0 spiro atoms. The monoisotopic (exact) mass is 210 g/mol. The Labute approximate surface area is 85.0 Å². The van der Waals surface area contributed by atoms with E-state index in [0.717, 1.165) is 14.2 Å². The van der Waals surface area contributed by atoms with Gasteiger partial charge in [0, 0.05) is 14.2 Å². The number of hydrogen-bond donors (Lipinski definition) is 4. The molecule has 0 aromatic rings. The van der Waals surface area contributed by atoms with E-state index in [1.165, 1.54) is 38.5 Å². The summed E-state index contributed by atoms with van der Waals surface area (Å²) in [5.74, 6) is 0. The van der Waals surface area contributed by atoms with E-state index in [4.69, 9.17) is 25.2 Å². The summed E-state index contributed by atoms with van der Waals surface area (Å²) in [6.45, 7) is 0. The van der Waals surface area contributed by atoms with Gasteiger partial charge in [0.2, 0.25) is 0 Å². The van der Waals surface area contributed by atoms with Crippen molar-refractivity contribution in [1.29, 1.82) is 0 Å². The molecule has 5 heteroatoms. The van der Waals surface area contributed by atoms with Gasteiger partial charge < -0.3 is 20.4 Å². The minimum atomic E-state index is -1.83. The van der Waals surface area contributed by atoms with Crippen molar-refractivity contribution in [2.45, 2.75) is 38.5 Å². The highest BCUT2D eigenvalue weighted by Gasteiger charge is 1.95. The molecule has 0 bridgehead atoms. The van der Waals surface area contributed by atoms with E-state index in [9.17, 15) is 0 Å². The van der Waals surface area contributed by atoms with Gasteiger partial charge in [0.25, 0.3) is 0 Å². The van der Waals surface area contributed by atoms with Crippen molar-refractivity contribution in [2.75, 3.05) is 14.2 Å². The molecule has 1 aliphatic rings. The van der Waals surface area contributed by atoms with Crippen LogP contribution in [0.25, 0.3) is 0 Å². The number of carbonyl (C=O) groups is 1. The minimum absolute atomic E-state index is 1.00. The molecule has 14 heavy (non-hydrogen) atoms. The standard InChI is InChI=1S/C6H12.CH2O3.2CH4O/c1-2-4-6-5-3-1;2-1(3)4;2*1-2/h1-6H2;(H2,2,3,4);2*2H,1H3. The van der Waals surface area contributed by atoms with Crippen LogP contribution in [0.2, 0.25) is 0 Å². The third-order valence-electron chi connectivity index (χ3n) is 1.50. The van der Waals surface area contributed by atoms with Gasteiger partial charge >= 0.3 is 6.16 Å². The van der Waals surface area contributed by atoms with Gasteiger partial charge in [-0.25, -0.2) is 4.79 Å². The Kier molecular flexibility index (Phi) is 30.7. The van der Waals surface area contributed by atoms with Crippen molar-refractivity contribution >= 4 is 6.16 Å². The van der Waals surface area contributed by atoms with Crippen LogP contribution in [0.4, 0.5) is 4.79 Å². The highest BCUT2D eigenvalue weighted by atomic mass is 16.6. The van der Waals surface area contributed by atoms with E-state index in [1.807, 2.05) is 0 Å². The molecule has 0 saturated heterocycles. The van der Waals surface area contributed by atoms with E-state index in [0.29, 0.717) is 0 Å². The summed E-state index contributed by atoms with van der Waals surface area (Å²) in [6, 6.07) is 0. The topological polar surface area (TPSA) is 98.0 Å². The van der Waals surface area contributed by atoms with Crippen molar-refractivity contribution in [3.63, 3.8) is 0 Å². The van der Waals surface area contributed by atoms with Gasteiger partial charge in [-0.2, -0.15) is 0 Å². The minimum Gasteiger partial charge on any atom is -0.450 e. The molecule has 0 aliphatic heterocycles. The zero-order chi connectivity index (χ0) is 11.8. The van der Waals surface area contributed by atoms with Crippen LogP contribution in [0.1, 0.15) is 38.5 Å². The van der Waals surface area contributed by atoms with Crippen molar-refractivity contribution in [1.82, 2.24) is 0 Å². The molecular formula is C9H22O5. The molecule has 0 unspecified atom stereocenters. The predicted octanol–water partition coefficient (Wildman–Crippen LogP) is 1.78. The maximum absolute atomic E-state index is 8.56. The Hall–Kier alpha value is -0.810. The summed E-state index contributed by atoms with van der Waals surface area (Å²) in [6.07, 6.45) is 7.17. The third-order valence-corrected chi connectivity index (χ3v) is 1.50. The van der Waals surface area contributed by atoms with E-state index >= 15 is 0 Å². The molecule has 1 fully saturated rings. The molecule has 0 aromatic heterocycles. The Morgan fingerprint density at radius 1 is 0.714 bits per heavy atom. The first-order valence-corrected chi connectivity index (χ1v) is 4.55. The highest BCUT2D eigenvalue weighted by molar-refractivity contribution is 5.53. The largest absolute Gasteiger partial charge is 0.503 e. The second-order valence-corrected chi connectivity index (χ2v) is 2.40. The second kappa shape index (κ2) is 22.8. The molecular weight excluding hydrogens is 188 g/mol. The number of aliphatic hydroxyl groups is 2. The van der Waals surface area contributed by atoms with E-state index in [2.05, 4.69) is 0 Å². The summed E-state index contributed by atoms with van der Waals surface area (Å²) >= 11 is 0. The molecule has 88 valence electrons. The summed E-state index contributed by atoms with van der Waals surface area (Å²) in [5.41, 5.74) is 0. The molecule has 1 rings (SSSR count). The van der Waals surface area contributed by atoms with Crippen molar-refractivity contribution in [3.05, 3.63) is 0 Å². The zero-order valence-corrected chi connectivity index (χ0v) is 8.94. The maximum Gasteiger partial charge on any atom is 0.503 e. The fraction of sp³-hybridized carbons (Fsp3) is 0.889. The zero-order valence-electron chi connectivity index (χ0n) is 8.94. The van der Waals surface area contributed by atoms with Crippen LogP contribution >= 0.6 is 0 Å². The Morgan fingerprint density at radius 3 is 0.857 bits per heavy atom. The van der Waals surface area contributed by atoms with Gasteiger partial charge in [0.1, 0.15) is 0 Å². The Morgan fingerprint density at radius 2 is 0.786 bits per heavy atom. The van der Waals surface area contributed by atoms with Crippen LogP contribution in [0.5, 0.6) is 0 Å². The summed E-state index contributed by atoms with van der Waals surface area (Å²) in [7, 11) is 2.00. The van der Waals surface area contributed by atoms with Crippen molar-refractivity contribution < 1.29 is 25.2 Å². The SMILES string of the molecule is C1CCCCC1.CO.CO.O=C(O)O. The van der Waals surface area contributed by atoms with Gasteiger partial charge in [-0.1, -0.05) is 38.5 Å². The van der Waals surface area contributed by atoms with Gasteiger partial charge in [0.05, 0.1) is 0 Å². The molecule has 5 nitrogen and oxygen atoms in total. The van der Waals surface area contributed by atoms with E-state index in [-0.39, 0.29) is 0 Å². The van der Waals surface area contributed by atoms with Crippen LogP contribution in [0.3, 0.4) is 0 Å². The Balaban J connectivity index is -0.000000134. The first kappa shape index (κ1) is 18.9. The Bertz CT molecular complexity index is 75.7. The lowest BCUT2D eigenvalue weighted by molar-refractivity contribution is 0.137. The number of carboxylic acid groups (broad SMARTS) is 2. The van der Waals surface area contributed by atoms with Gasteiger partial charge in [-0.05, 0) is 0 Å². The predicted molar refractivity (Wildman–Crippen MR) is 54.6 cm³/mol. The molecule has 1 saturated carbocycles. The second-order valence-electron chi connectivity index (χ2n) is 2.40. The highest BCUT2D eigenvalue weighted by Crippen LogP contribution is 2.15.